The smallest absolute Gasteiger partial charge is 0.121 e. The Labute approximate surface area is 107 Å². The van der Waals surface area contributed by atoms with Gasteiger partial charge in [-0.15, -0.1) is 6.58 Å². The summed E-state index contributed by atoms with van der Waals surface area (Å²) in [7, 11) is 1.65. The predicted molar refractivity (Wildman–Crippen MR) is 71.9 cm³/mol. The first-order valence-electron chi connectivity index (χ1n) is 6.05. The maximum atomic E-state index is 8.93. The molecule has 2 rings (SSSR count). The molecule has 4 nitrogen and oxygen atoms in total. The third-order valence-electron chi connectivity index (χ3n) is 2.90. The number of allylic oxidation sites excluding steroid dienone is 1. The summed E-state index contributed by atoms with van der Waals surface area (Å²) in [6.07, 6.45) is 3.34. The Morgan fingerprint density at radius 3 is 3.00 bits per heavy atom. The van der Waals surface area contributed by atoms with Crippen molar-refractivity contribution in [3.05, 3.63) is 36.7 Å². The number of aryl methyl sites for hydroxylation is 1. The molecule has 96 valence electrons. The van der Waals surface area contributed by atoms with E-state index >= 15 is 0 Å². The fourth-order valence-electron chi connectivity index (χ4n) is 2.05. The number of aromatic nitrogens is 2. The van der Waals surface area contributed by atoms with Crippen LogP contribution < -0.4 is 4.74 Å². The van der Waals surface area contributed by atoms with Crippen LogP contribution in [0.25, 0.3) is 11.0 Å². The van der Waals surface area contributed by atoms with Crippen LogP contribution in [0.15, 0.2) is 30.9 Å². The van der Waals surface area contributed by atoms with E-state index in [-0.39, 0.29) is 6.61 Å². The average Bonchev–Trinajstić information content (AvgIpc) is 2.74. The second kappa shape index (κ2) is 5.69. The molecule has 0 amide bonds. The van der Waals surface area contributed by atoms with Crippen LogP contribution in [-0.4, -0.2) is 28.4 Å². The van der Waals surface area contributed by atoms with Gasteiger partial charge in [-0.2, -0.15) is 0 Å². The van der Waals surface area contributed by atoms with Crippen LogP contribution in [0.2, 0.25) is 0 Å². The molecular formula is C14H18N2O2. The number of nitrogens with zero attached hydrogens (tertiary/aromatic N) is 2. The first-order valence-corrected chi connectivity index (χ1v) is 6.05. The topological polar surface area (TPSA) is 47.3 Å². The molecule has 0 saturated heterocycles. The van der Waals surface area contributed by atoms with Gasteiger partial charge in [0.25, 0.3) is 0 Å². The molecule has 18 heavy (non-hydrogen) atoms. The van der Waals surface area contributed by atoms with Crippen molar-refractivity contribution in [1.29, 1.82) is 0 Å². The number of rotatable bonds is 6. The van der Waals surface area contributed by atoms with Gasteiger partial charge in [0, 0.05) is 25.6 Å². The van der Waals surface area contributed by atoms with Crippen LogP contribution in [0, 0.1) is 0 Å². The number of hydrogen-bond acceptors (Lipinski definition) is 3. The zero-order valence-corrected chi connectivity index (χ0v) is 10.6. The number of imidazole rings is 1. The Morgan fingerprint density at radius 1 is 1.50 bits per heavy atom. The van der Waals surface area contributed by atoms with Crippen LogP contribution in [0.1, 0.15) is 12.2 Å². The highest BCUT2D eigenvalue weighted by Crippen LogP contribution is 2.22. The summed E-state index contributed by atoms with van der Waals surface area (Å²) < 4.78 is 7.33. The lowest BCUT2D eigenvalue weighted by Gasteiger charge is -2.05. The van der Waals surface area contributed by atoms with E-state index in [4.69, 9.17) is 9.84 Å². The third-order valence-corrected chi connectivity index (χ3v) is 2.90. The van der Waals surface area contributed by atoms with E-state index in [1.165, 1.54) is 0 Å². The molecule has 0 radical (unpaired) electrons. The highest BCUT2D eigenvalue weighted by molar-refractivity contribution is 5.77. The first kappa shape index (κ1) is 12.6. The van der Waals surface area contributed by atoms with E-state index in [9.17, 15) is 0 Å². The monoisotopic (exact) mass is 246 g/mol. The lowest BCUT2D eigenvalue weighted by Crippen LogP contribution is -2.03. The van der Waals surface area contributed by atoms with Crippen LogP contribution >= 0.6 is 0 Å². The van der Waals surface area contributed by atoms with Crippen LogP contribution in [0.3, 0.4) is 0 Å². The van der Waals surface area contributed by atoms with Gasteiger partial charge in [0.1, 0.15) is 11.6 Å². The van der Waals surface area contributed by atoms with Crippen molar-refractivity contribution in [2.24, 2.45) is 0 Å². The van der Waals surface area contributed by atoms with Gasteiger partial charge < -0.3 is 14.4 Å². The number of aliphatic hydroxyl groups excluding tert-OH is 1. The quantitative estimate of drug-likeness (QED) is 0.794. The largest absolute Gasteiger partial charge is 0.497 e. The molecule has 1 heterocycles. The zero-order valence-electron chi connectivity index (χ0n) is 10.6. The minimum Gasteiger partial charge on any atom is -0.497 e. The summed E-state index contributed by atoms with van der Waals surface area (Å²) >= 11 is 0. The summed E-state index contributed by atoms with van der Waals surface area (Å²) in [4.78, 5) is 4.60. The standard InChI is InChI=1S/C14H18N2O2/c1-3-8-16-13-7-6-11(18-2)10-12(13)15-14(16)5-4-9-17/h3,6-7,10,17H,1,4-5,8-9H2,2H3. The van der Waals surface area contributed by atoms with Gasteiger partial charge in [-0.05, 0) is 18.6 Å². The molecule has 2 aromatic rings. The Bertz CT molecular complexity index is 546. The fraction of sp³-hybridized carbons (Fsp3) is 0.357. The van der Waals surface area contributed by atoms with Crippen molar-refractivity contribution in [2.45, 2.75) is 19.4 Å². The molecule has 0 aliphatic heterocycles. The summed E-state index contributed by atoms with van der Waals surface area (Å²) in [6.45, 7) is 4.68. The summed E-state index contributed by atoms with van der Waals surface area (Å²) in [5, 5.41) is 8.93. The van der Waals surface area contributed by atoms with E-state index in [0.717, 1.165) is 42.0 Å². The molecule has 1 N–H and O–H groups in total. The lowest BCUT2D eigenvalue weighted by atomic mass is 10.3. The summed E-state index contributed by atoms with van der Waals surface area (Å²) in [5.74, 6) is 1.78. The highest BCUT2D eigenvalue weighted by Gasteiger charge is 2.10. The van der Waals surface area contributed by atoms with Crippen LogP contribution in [-0.2, 0) is 13.0 Å². The third kappa shape index (κ3) is 2.38. The molecular weight excluding hydrogens is 228 g/mol. The number of aliphatic hydroxyl groups is 1. The molecule has 4 heteroatoms. The van der Waals surface area contributed by atoms with Crippen molar-refractivity contribution >= 4 is 11.0 Å². The minimum atomic E-state index is 0.181. The number of ether oxygens (including phenoxy) is 1. The molecule has 1 aromatic carbocycles. The lowest BCUT2D eigenvalue weighted by molar-refractivity contribution is 0.287. The number of fused-ring (bicyclic) bond motifs is 1. The Balaban J connectivity index is 2.47. The predicted octanol–water partition coefficient (Wildman–Crippen LogP) is 2.16. The molecule has 0 saturated carbocycles. The molecule has 0 aliphatic carbocycles. The highest BCUT2D eigenvalue weighted by atomic mass is 16.5. The molecule has 0 spiro atoms. The van der Waals surface area contributed by atoms with Crippen LogP contribution in [0.5, 0.6) is 5.75 Å². The van der Waals surface area contributed by atoms with Crippen LogP contribution in [0.4, 0.5) is 0 Å². The van der Waals surface area contributed by atoms with Gasteiger partial charge in [-0.1, -0.05) is 6.08 Å². The second-order valence-electron chi connectivity index (χ2n) is 4.11. The zero-order chi connectivity index (χ0) is 13.0. The average molecular weight is 246 g/mol. The van der Waals surface area contributed by atoms with E-state index in [0.29, 0.717) is 0 Å². The molecule has 0 aliphatic rings. The van der Waals surface area contributed by atoms with Crippen molar-refractivity contribution < 1.29 is 9.84 Å². The minimum absolute atomic E-state index is 0.181. The van der Waals surface area contributed by atoms with E-state index in [1.54, 1.807) is 7.11 Å². The normalized spacial score (nSPS) is 10.8. The molecule has 0 bridgehead atoms. The van der Waals surface area contributed by atoms with Gasteiger partial charge >= 0.3 is 0 Å². The molecule has 0 unspecified atom stereocenters. The van der Waals surface area contributed by atoms with Gasteiger partial charge in [0.05, 0.1) is 18.1 Å². The second-order valence-corrected chi connectivity index (χ2v) is 4.11. The van der Waals surface area contributed by atoms with Gasteiger partial charge in [-0.25, -0.2) is 4.98 Å². The summed E-state index contributed by atoms with van der Waals surface area (Å²) in [5.41, 5.74) is 1.99. The Kier molecular flexibility index (Phi) is 3.99. The summed E-state index contributed by atoms with van der Waals surface area (Å²) in [6, 6.07) is 5.86. The van der Waals surface area contributed by atoms with Gasteiger partial charge in [0.2, 0.25) is 0 Å². The fourth-order valence-corrected chi connectivity index (χ4v) is 2.05. The van der Waals surface area contributed by atoms with E-state index in [2.05, 4.69) is 16.1 Å². The number of methoxy groups -OCH3 is 1. The van der Waals surface area contributed by atoms with Gasteiger partial charge in [-0.3, -0.25) is 0 Å². The molecule has 0 fully saturated rings. The maximum Gasteiger partial charge on any atom is 0.121 e. The van der Waals surface area contributed by atoms with Gasteiger partial charge in [0.15, 0.2) is 0 Å². The van der Waals surface area contributed by atoms with Crippen molar-refractivity contribution in [1.82, 2.24) is 9.55 Å². The molecule has 1 aromatic heterocycles. The van der Waals surface area contributed by atoms with E-state index < -0.39 is 0 Å². The van der Waals surface area contributed by atoms with Crippen molar-refractivity contribution in [3.63, 3.8) is 0 Å². The number of benzene rings is 1. The van der Waals surface area contributed by atoms with Crippen molar-refractivity contribution in [2.75, 3.05) is 13.7 Å². The Hall–Kier alpha value is -1.81. The number of hydrogen-bond donors (Lipinski definition) is 1. The maximum absolute atomic E-state index is 8.93. The molecule has 0 atom stereocenters. The SMILES string of the molecule is C=CCn1c(CCCO)nc2cc(OC)ccc21. The first-order chi connectivity index (χ1) is 8.80. The van der Waals surface area contributed by atoms with E-state index in [1.807, 2.05) is 24.3 Å². The van der Waals surface area contributed by atoms with Crippen molar-refractivity contribution in [3.8, 4) is 5.75 Å². The Morgan fingerprint density at radius 2 is 2.33 bits per heavy atom.